The largest absolute Gasteiger partial charge is 0.416 e. The summed E-state index contributed by atoms with van der Waals surface area (Å²) in [6, 6.07) is 21.5. The number of amides is 1. The summed E-state index contributed by atoms with van der Waals surface area (Å²) < 4.78 is 40.7. The van der Waals surface area contributed by atoms with Gasteiger partial charge in [0, 0.05) is 13.6 Å². The lowest BCUT2D eigenvalue weighted by molar-refractivity contribution is -0.137. The number of carbonyl (C=O) groups excluding carboxylic acids is 1. The first-order valence-electron chi connectivity index (χ1n) is 10.9. The third-order valence-electron chi connectivity index (χ3n) is 5.49. The number of aromatic nitrogens is 3. The molecule has 0 aliphatic rings. The predicted molar refractivity (Wildman–Crippen MR) is 127 cm³/mol. The second-order valence-electron chi connectivity index (χ2n) is 8.11. The number of rotatable bonds is 6. The third-order valence-corrected chi connectivity index (χ3v) is 5.49. The van der Waals surface area contributed by atoms with Crippen LogP contribution in [0.1, 0.15) is 27.2 Å². The van der Waals surface area contributed by atoms with Gasteiger partial charge in [0.2, 0.25) is 5.69 Å². The number of hydrogen-bond donors (Lipinski definition) is 0. The molecule has 36 heavy (non-hydrogen) atoms. The fourth-order valence-corrected chi connectivity index (χ4v) is 3.62. The van der Waals surface area contributed by atoms with Gasteiger partial charge in [0.05, 0.1) is 17.8 Å². The summed E-state index contributed by atoms with van der Waals surface area (Å²) >= 11 is 0. The lowest BCUT2D eigenvalue weighted by Gasteiger charge is -2.18. The van der Waals surface area contributed by atoms with Crippen LogP contribution >= 0.6 is 0 Å². The lowest BCUT2D eigenvalue weighted by atomic mass is 10.2. The molecule has 10 heteroatoms. The maximum Gasteiger partial charge on any atom is 0.416 e. The molecule has 4 aromatic rings. The molecule has 1 amide bonds. The molecule has 0 N–H and O–H groups in total. The molecule has 1 aromatic heterocycles. The predicted octanol–water partition coefficient (Wildman–Crippen LogP) is 3.73. The normalized spacial score (nSPS) is 11.3. The van der Waals surface area contributed by atoms with Crippen LogP contribution in [0.5, 0.6) is 0 Å². The average molecular weight is 494 g/mol. The number of alkyl halides is 3. The molecular weight excluding hydrogens is 473 g/mol. The first kappa shape index (κ1) is 24.6. The Kier molecular flexibility index (Phi) is 6.86. The van der Waals surface area contributed by atoms with Gasteiger partial charge < -0.3 is 4.90 Å². The Hall–Kier alpha value is -4.47. The van der Waals surface area contributed by atoms with Crippen LogP contribution in [0.15, 0.2) is 94.5 Å². The van der Waals surface area contributed by atoms with E-state index >= 15 is 0 Å². The van der Waals surface area contributed by atoms with Crippen molar-refractivity contribution >= 4 is 5.91 Å². The summed E-state index contributed by atoms with van der Waals surface area (Å²) in [5, 5.41) is 4.00. The maximum atomic E-state index is 13.3. The fourth-order valence-electron chi connectivity index (χ4n) is 3.62. The summed E-state index contributed by atoms with van der Waals surface area (Å²) in [6.45, 7) is 0.0310. The molecule has 0 unspecified atom stereocenters. The minimum Gasteiger partial charge on any atom is -0.336 e. The van der Waals surface area contributed by atoms with Crippen molar-refractivity contribution in [2.45, 2.75) is 19.3 Å². The van der Waals surface area contributed by atoms with Gasteiger partial charge in [0.1, 0.15) is 0 Å². The van der Waals surface area contributed by atoms with E-state index in [0.29, 0.717) is 5.56 Å². The van der Waals surface area contributed by atoms with Crippen LogP contribution in [-0.2, 0) is 19.3 Å². The highest BCUT2D eigenvalue weighted by Crippen LogP contribution is 2.29. The van der Waals surface area contributed by atoms with Crippen molar-refractivity contribution in [1.29, 1.82) is 0 Å². The molecular formula is C26H21F3N4O3. The van der Waals surface area contributed by atoms with Crippen molar-refractivity contribution in [3.63, 3.8) is 0 Å². The smallest absolute Gasteiger partial charge is 0.336 e. The first-order valence-corrected chi connectivity index (χ1v) is 10.9. The average Bonchev–Trinajstić information content (AvgIpc) is 2.87. The van der Waals surface area contributed by atoms with E-state index in [2.05, 4.69) is 5.10 Å². The van der Waals surface area contributed by atoms with Crippen molar-refractivity contribution < 1.29 is 18.0 Å². The quantitative estimate of drug-likeness (QED) is 0.409. The Morgan fingerprint density at radius 3 is 1.97 bits per heavy atom. The highest BCUT2D eigenvalue weighted by molar-refractivity contribution is 5.91. The number of hydrogen-bond acceptors (Lipinski definition) is 4. The molecule has 184 valence electrons. The van der Waals surface area contributed by atoms with Gasteiger partial charge in [0.15, 0.2) is 0 Å². The van der Waals surface area contributed by atoms with Crippen molar-refractivity contribution in [2.24, 2.45) is 0 Å². The molecule has 1 heterocycles. The van der Waals surface area contributed by atoms with Gasteiger partial charge in [-0.25, -0.2) is 4.79 Å². The van der Waals surface area contributed by atoms with E-state index in [1.54, 1.807) is 30.3 Å². The number of carbonyl (C=O) groups is 1. The number of benzene rings is 3. The third kappa shape index (κ3) is 5.27. The van der Waals surface area contributed by atoms with Gasteiger partial charge in [-0.05, 0) is 35.4 Å². The molecule has 0 saturated carbocycles. The van der Waals surface area contributed by atoms with Gasteiger partial charge >= 0.3 is 11.9 Å². The van der Waals surface area contributed by atoms with E-state index in [1.165, 1.54) is 11.9 Å². The van der Waals surface area contributed by atoms with Crippen molar-refractivity contribution in [3.8, 4) is 5.69 Å². The number of halogens is 3. The van der Waals surface area contributed by atoms with E-state index in [9.17, 15) is 27.6 Å². The molecule has 0 fully saturated rings. The summed E-state index contributed by atoms with van der Waals surface area (Å²) in [7, 11) is 1.49. The van der Waals surface area contributed by atoms with E-state index in [1.807, 2.05) is 30.3 Å². The second kappa shape index (κ2) is 10.0. The zero-order valence-corrected chi connectivity index (χ0v) is 19.1. The topological polar surface area (TPSA) is 77.2 Å². The van der Waals surface area contributed by atoms with Gasteiger partial charge in [-0.1, -0.05) is 60.7 Å². The van der Waals surface area contributed by atoms with Gasteiger partial charge in [-0.15, -0.1) is 0 Å². The van der Waals surface area contributed by atoms with Crippen molar-refractivity contribution in [2.75, 3.05) is 7.05 Å². The molecule has 0 saturated heterocycles. The van der Waals surface area contributed by atoms with Gasteiger partial charge in [0.25, 0.3) is 11.5 Å². The summed E-state index contributed by atoms with van der Waals surface area (Å²) in [5.74, 6) is -0.730. The molecule has 3 aromatic carbocycles. The van der Waals surface area contributed by atoms with Crippen LogP contribution in [0, 0.1) is 0 Å². The van der Waals surface area contributed by atoms with E-state index in [4.69, 9.17) is 0 Å². The highest BCUT2D eigenvalue weighted by Gasteiger charge is 2.30. The van der Waals surface area contributed by atoms with Crippen molar-refractivity contribution in [1.82, 2.24) is 19.2 Å². The van der Waals surface area contributed by atoms with Crippen LogP contribution < -0.4 is 11.2 Å². The van der Waals surface area contributed by atoms with Gasteiger partial charge in [-0.2, -0.15) is 23.0 Å². The van der Waals surface area contributed by atoms with E-state index in [0.717, 1.165) is 39.1 Å². The zero-order chi connectivity index (χ0) is 25.9. The molecule has 0 atom stereocenters. The molecule has 7 nitrogen and oxygen atoms in total. The Labute approximate surface area is 203 Å². The van der Waals surface area contributed by atoms with Crippen LogP contribution in [0.2, 0.25) is 0 Å². The Balaban J connectivity index is 1.81. The van der Waals surface area contributed by atoms with Crippen LogP contribution in [0.25, 0.3) is 5.69 Å². The monoisotopic (exact) mass is 494 g/mol. The highest BCUT2D eigenvalue weighted by atomic mass is 19.4. The standard InChI is InChI=1S/C26H21F3N4O3/c1-31(16-18-8-4-2-5-9-18)23(34)22-24(35)32(17-19-10-6-3-7-11-19)25(36)33(30-22)21-14-12-20(13-15-21)26(27,28)29/h2-15H,16-17H2,1H3. The molecule has 0 radical (unpaired) electrons. The van der Waals surface area contributed by atoms with Crippen LogP contribution in [-0.4, -0.2) is 32.2 Å². The molecule has 0 bridgehead atoms. The second-order valence-corrected chi connectivity index (χ2v) is 8.11. The molecule has 0 aliphatic carbocycles. The molecule has 0 spiro atoms. The molecule has 4 rings (SSSR count). The Bertz CT molecular complexity index is 1480. The van der Waals surface area contributed by atoms with Gasteiger partial charge in [-0.3, -0.25) is 14.2 Å². The first-order chi connectivity index (χ1) is 17.1. The lowest BCUT2D eigenvalue weighted by Crippen LogP contribution is -2.46. The van der Waals surface area contributed by atoms with E-state index in [-0.39, 0.29) is 18.8 Å². The minimum atomic E-state index is -4.57. The SMILES string of the molecule is CN(Cc1ccccc1)C(=O)c1nn(-c2ccc(C(F)(F)F)cc2)c(=O)n(Cc2ccccc2)c1=O. The summed E-state index contributed by atoms with van der Waals surface area (Å²) in [5.41, 5.74) is -1.79. The minimum absolute atomic E-state index is 0.0189. The van der Waals surface area contributed by atoms with Crippen LogP contribution in [0.4, 0.5) is 13.2 Å². The van der Waals surface area contributed by atoms with Crippen LogP contribution in [0.3, 0.4) is 0 Å². The Morgan fingerprint density at radius 1 is 0.861 bits per heavy atom. The van der Waals surface area contributed by atoms with E-state index < -0.39 is 34.6 Å². The summed E-state index contributed by atoms with van der Waals surface area (Å²) in [4.78, 5) is 41.0. The zero-order valence-electron chi connectivity index (χ0n) is 19.1. The number of nitrogens with zero attached hydrogens (tertiary/aromatic N) is 4. The molecule has 0 aliphatic heterocycles. The van der Waals surface area contributed by atoms with Crippen molar-refractivity contribution in [3.05, 3.63) is 128 Å². The maximum absolute atomic E-state index is 13.3. The fraction of sp³-hybridized carbons (Fsp3) is 0.154. The summed E-state index contributed by atoms with van der Waals surface area (Å²) in [6.07, 6.45) is -4.57. The Morgan fingerprint density at radius 2 is 1.42 bits per heavy atom.